The standard InChI is InChI=1S/C8H17O8P/c1-15-8-7(11)6(10)5(9)4(16-8)2-3-17(12,13)14/h4-11H,2-3H2,1H3,(H2,12,13,14)/t4-,5-,6+,7+,8+/m1/s1. The summed E-state index contributed by atoms with van der Waals surface area (Å²) in [6, 6.07) is 0. The molecule has 17 heavy (non-hydrogen) atoms. The van der Waals surface area contributed by atoms with Crippen molar-refractivity contribution < 1.29 is 39.1 Å². The molecule has 0 aromatic carbocycles. The van der Waals surface area contributed by atoms with Crippen LogP contribution in [0.4, 0.5) is 0 Å². The highest BCUT2D eigenvalue weighted by atomic mass is 31.2. The van der Waals surface area contributed by atoms with Gasteiger partial charge in [-0.25, -0.2) is 0 Å². The van der Waals surface area contributed by atoms with Crippen LogP contribution in [0, 0.1) is 0 Å². The molecule has 0 radical (unpaired) electrons. The summed E-state index contributed by atoms with van der Waals surface area (Å²) in [6.07, 6.45) is -7.04. The third-order valence-corrected chi connectivity index (χ3v) is 3.45. The Hall–Kier alpha value is -0.0500. The third kappa shape index (κ3) is 3.97. The van der Waals surface area contributed by atoms with E-state index in [0.717, 1.165) is 0 Å². The third-order valence-electron chi connectivity index (χ3n) is 2.61. The minimum Gasteiger partial charge on any atom is -0.388 e. The van der Waals surface area contributed by atoms with Crippen LogP contribution in [0.15, 0.2) is 0 Å². The predicted octanol–water partition coefficient (Wildman–Crippen LogP) is -1.99. The number of methoxy groups -OCH3 is 1. The zero-order valence-electron chi connectivity index (χ0n) is 9.21. The maximum atomic E-state index is 10.7. The quantitative estimate of drug-likeness (QED) is 0.371. The van der Waals surface area contributed by atoms with Crippen molar-refractivity contribution in [3.05, 3.63) is 0 Å². The molecule has 0 aromatic rings. The van der Waals surface area contributed by atoms with Crippen molar-refractivity contribution in [2.75, 3.05) is 13.3 Å². The first kappa shape index (κ1) is 15.0. The molecule has 5 N–H and O–H groups in total. The van der Waals surface area contributed by atoms with Crippen LogP contribution in [0.2, 0.25) is 0 Å². The van der Waals surface area contributed by atoms with E-state index < -0.39 is 44.5 Å². The lowest BCUT2D eigenvalue weighted by atomic mass is 9.97. The van der Waals surface area contributed by atoms with E-state index in [2.05, 4.69) is 0 Å². The fourth-order valence-electron chi connectivity index (χ4n) is 1.65. The highest BCUT2D eigenvalue weighted by molar-refractivity contribution is 7.51. The van der Waals surface area contributed by atoms with E-state index in [1.165, 1.54) is 7.11 Å². The van der Waals surface area contributed by atoms with Crippen molar-refractivity contribution in [1.82, 2.24) is 0 Å². The van der Waals surface area contributed by atoms with Gasteiger partial charge in [-0.1, -0.05) is 0 Å². The molecule has 0 aliphatic carbocycles. The summed E-state index contributed by atoms with van der Waals surface area (Å²) in [5.41, 5.74) is 0. The number of rotatable bonds is 4. The van der Waals surface area contributed by atoms with Crippen molar-refractivity contribution in [3.8, 4) is 0 Å². The Morgan fingerprint density at radius 3 is 2.24 bits per heavy atom. The van der Waals surface area contributed by atoms with Gasteiger partial charge in [-0.2, -0.15) is 0 Å². The van der Waals surface area contributed by atoms with E-state index in [9.17, 15) is 19.9 Å². The van der Waals surface area contributed by atoms with Crippen molar-refractivity contribution in [3.63, 3.8) is 0 Å². The summed E-state index contributed by atoms with van der Waals surface area (Å²) in [5, 5.41) is 28.5. The van der Waals surface area contributed by atoms with Crippen LogP contribution in [0.25, 0.3) is 0 Å². The van der Waals surface area contributed by atoms with E-state index >= 15 is 0 Å². The van der Waals surface area contributed by atoms with Crippen LogP contribution in [0.5, 0.6) is 0 Å². The van der Waals surface area contributed by atoms with Gasteiger partial charge in [0.25, 0.3) is 0 Å². The second-order valence-corrected chi connectivity index (χ2v) is 5.70. The molecule has 5 atom stereocenters. The van der Waals surface area contributed by atoms with E-state index in [1.54, 1.807) is 0 Å². The number of aliphatic hydroxyl groups excluding tert-OH is 3. The lowest BCUT2D eigenvalue weighted by molar-refractivity contribution is -0.289. The van der Waals surface area contributed by atoms with Crippen molar-refractivity contribution in [1.29, 1.82) is 0 Å². The molecule has 8 nitrogen and oxygen atoms in total. The molecule has 1 saturated heterocycles. The van der Waals surface area contributed by atoms with Gasteiger partial charge in [-0.05, 0) is 6.42 Å². The SMILES string of the molecule is CO[C@H]1O[C@H](CCP(=O)(O)O)[C@@H](O)[C@H](O)[C@@H]1O. The van der Waals surface area contributed by atoms with Gasteiger partial charge in [0, 0.05) is 7.11 Å². The van der Waals surface area contributed by atoms with Gasteiger partial charge in [-0.3, -0.25) is 4.57 Å². The number of hydrogen-bond donors (Lipinski definition) is 5. The normalized spacial score (nSPS) is 39.3. The topological polar surface area (TPSA) is 137 Å². The first-order valence-electron chi connectivity index (χ1n) is 5.03. The molecule has 1 aliphatic heterocycles. The predicted molar refractivity (Wildman–Crippen MR) is 55.2 cm³/mol. The molecule has 102 valence electrons. The molecule has 1 heterocycles. The average Bonchev–Trinajstić information content (AvgIpc) is 2.24. The number of hydrogen-bond acceptors (Lipinski definition) is 6. The zero-order valence-corrected chi connectivity index (χ0v) is 10.1. The summed E-state index contributed by atoms with van der Waals surface area (Å²) in [5.74, 6) is 0. The monoisotopic (exact) mass is 272 g/mol. The molecule has 0 spiro atoms. The largest absolute Gasteiger partial charge is 0.388 e. The zero-order chi connectivity index (χ0) is 13.2. The Morgan fingerprint density at radius 1 is 1.18 bits per heavy atom. The molecule has 1 rings (SSSR count). The van der Waals surface area contributed by atoms with Crippen LogP contribution in [0.1, 0.15) is 6.42 Å². The lowest BCUT2D eigenvalue weighted by Gasteiger charge is -2.39. The first-order valence-corrected chi connectivity index (χ1v) is 6.83. The summed E-state index contributed by atoms with van der Waals surface area (Å²) in [6.45, 7) is 0. The molecule has 0 unspecified atom stereocenters. The van der Waals surface area contributed by atoms with Gasteiger partial charge in [0.15, 0.2) is 6.29 Å². The minimum absolute atomic E-state index is 0.144. The maximum absolute atomic E-state index is 10.7. The van der Waals surface area contributed by atoms with Gasteiger partial charge in [0.05, 0.1) is 12.3 Å². The number of aliphatic hydroxyl groups is 3. The van der Waals surface area contributed by atoms with Crippen molar-refractivity contribution in [2.45, 2.75) is 37.1 Å². The number of ether oxygens (including phenoxy) is 2. The molecular formula is C8H17O8P. The fraction of sp³-hybridized carbons (Fsp3) is 1.00. The smallest absolute Gasteiger partial charge is 0.325 e. The van der Waals surface area contributed by atoms with Gasteiger partial charge in [-0.15, -0.1) is 0 Å². The van der Waals surface area contributed by atoms with Crippen molar-refractivity contribution >= 4 is 7.60 Å². The summed E-state index contributed by atoms with van der Waals surface area (Å²) >= 11 is 0. The van der Waals surface area contributed by atoms with E-state index in [0.29, 0.717) is 0 Å². The van der Waals surface area contributed by atoms with E-state index in [1.807, 2.05) is 0 Å². The van der Waals surface area contributed by atoms with Crippen LogP contribution in [-0.4, -0.2) is 69.1 Å². The summed E-state index contributed by atoms with van der Waals surface area (Å²) in [4.78, 5) is 17.4. The molecule has 1 fully saturated rings. The summed E-state index contributed by atoms with van der Waals surface area (Å²) < 4.78 is 20.5. The second kappa shape index (κ2) is 5.73. The minimum atomic E-state index is -4.20. The Bertz CT molecular complexity index is 289. The van der Waals surface area contributed by atoms with Crippen LogP contribution in [0.3, 0.4) is 0 Å². The Balaban J connectivity index is 2.62. The highest BCUT2D eigenvalue weighted by Gasteiger charge is 2.44. The average molecular weight is 272 g/mol. The van der Waals surface area contributed by atoms with E-state index in [4.69, 9.17) is 19.3 Å². The molecule has 0 saturated carbocycles. The van der Waals surface area contributed by atoms with Crippen LogP contribution < -0.4 is 0 Å². The second-order valence-electron chi connectivity index (χ2n) is 3.93. The van der Waals surface area contributed by atoms with Gasteiger partial charge >= 0.3 is 7.60 Å². The van der Waals surface area contributed by atoms with Gasteiger partial charge < -0.3 is 34.6 Å². The molecule has 0 amide bonds. The van der Waals surface area contributed by atoms with Gasteiger partial charge in [0.1, 0.15) is 18.3 Å². The molecule has 9 heteroatoms. The Labute approximate surface area is 97.9 Å². The molecular weight excluding hydrogens is 255 g/mol. The fourth-order valence-corrected chi connectivity index (χ4v) is 2.24. The Kier molecular flexibility index (Phi) is 5.06. The first-order chi connectivity index (χ1) is 7.76. The van der Waals surface area contributed by atoms with Crippen LogP contribution in [-0.2, 0) is 14.0 Å². The van der Waals surface area contributed by atoms with Crippen LogP contribution >= 0.6 is 7.60 Å². The lowest BCUT2D eigenvalue weighted by Crippen LogP contribution is -2.58. The summed E-state index contributed by atoms with van der Waals surface area (Å²) in [7, 11) is -2.95. The van der Waals surface area contributed by atoms with E-state index in [-0.39, 0.29) is 6.42 Å². The van der Waals surface area contributed by atoms with Gasteiger partial charge in [0.2, 0.25) is 0 Å². The Morgan fingerprint density at radius 2 is 1.76 bits per heavy atom. The van der Waals surface area contributed by atoms with Crippen molar-refractivity contribution in [2.24, 2.45) is 0 Å². The highest BCUT2D eigenvalue weighted by Crippen LogP contribution is 2.37. The molecule has 1 aliphatic rings. The molecule has 0 aromatic heterocycles. The molecule has 0 bridgehead atoms. The maximum Gasteiger partial charge on any atom is 0.325 e.